The van der Waals surface area contributed by atoms with E-state index in [0.717, 1.165) is 11.3 Å². The summed E-state index contributed by atoms with van der Waals surface area (Å²) in [6.45, 7) is 1.83. The summed E-state index contributed by atoms with van der Waals surface area (Å²) in [6, 6.07) is 17.7. The van der Waals surface area contributed by atoms with Gasteiger partial charge in [0.15, 0.2) is 22.5 Å². The highest BCUT2D eigenvalue weighted by Crippen LogP contribution is 2.34. The van der Waals surface area contributed by atoms with Crippen molar-refractivity contribution in [3.63, 3.8) is 0 Å². The Morgan fingerprint density at radius 1 is 1.04 bits per heavy atom. The molecule has 2 aromatic carbocycles. The van der Waals surface area contributed by atoms with Crippen LogP contribution in [0.1, 0.15) is 6.92 Å². The van der Waals surface area contributed by atoms with Crippen molar-refractivity contribution in [2.45, 2.75) is 17.3 Å². The molecular weight excluding hydrogens is 348 g/mol. The zero-order chi connectivity index (χ0) is 18.5. The molecule has 0 aliphatic heterocycles. The molecular formula is C19H18N4O2S. The predicted molar refractivity (Wildman–Crippen MR) is 101 cm³/mol. The van der Waals surface area contributed by atoms with Gasteiger partial charge in [0.25, 0.3) is 0 Å². The van der Waals surface area contributed by atoms with E-state index >= 15 is 0 Å². The molecule has 1 heterocycles. The summed E-state index contributed by atoms with van der Waals surface area (Å²) in [4.78, 5) is 0. The Labute approximate surface area is 156 Å². The third-order valence-corrected chi connectivity index (χ3v) is 4.69. The van der Waals surface area contributed by atoms with Gasteiger partial charge in [0.2, 0.25) is 0 Å². The molecule has 7 heteroatoms. The fourth-order valence-electron chi connectivity index (χ4n) is 2.50. The zero-order valence-corrected chi connectivity index (χ0v) is 15.5. The maximum atomic E-state index is 9.17. The molecule has 0 spiro atoms. The molecule has 1 aromatic heterocycles. The third kappa shape index (κ3) is 3.51. The third-order valence-electron chi connectivity index (χ3n) is 3.75. The number of benzene rings is 2. The largest absolute Gasteiger partial charge is 0.493 e. The van der Waals surface area contributed by atoms with Crippen LogP contribution < -0.4 is 9.47 Å². The Hall–Kier alpha value is -2.98. The van der Waals surface area contributed by atoms with Gasteiger partial charge < -0.3 is 9.47 Å². The number of nitrogens with zero attached hydrogens (tertiary/aromatic N) is 4. The van der Waals surface area contributed by atoms with Crippen molar-refractivity contribution in [3.8, 4) is 34.6 Å². The summed E-state index contributed by atoms with van der Waals surface area (Å²) >= 11 is 1.36. The lowest BCUT2D eigenvalue weighted by Crippen LogP contribution is -2.03. The van der Waals surface area contributed by atoms with Crippen LogP contribution in [0.4, 0.5) is 0 Å². The normalized spacial score (nSPS) is 11.6. The van der Waals surface area contributed by atoms with Gasteiger partial charge in [-0.25, -0.2) is 0 Å². The van der Waals surface area contributed by atoms with Crippen LogP contribution in [-0.2, 0) is 0 Å². The minimum Gasteiger partial charge on any atom is -0.493 e. The summed E-state index contributed by atoms with van der Waals surface area (Å²) in [6.07, 6.45) is 0. The van der Waals surface area contributed by atoms with Crippen molar-refractivity contribution in [2.75, 3.05) is 14.2 Å². The molecule has 0 bridgehead atoms. The average molecular weight is 366 g/mol. The molecule has 0 unspecified atom stereocenters. The van der Waals surface area contributed by atoms with Crippen LogP contribution in [0.25, 0.3) is 17.1 Å². The van der Waals surface area contributed by atoms with E-state index in [4.69, 9.17) is 14.7 Å². The van der Waals surface area contributed by atoms with Crippen molar-refractivity contribution in [1.82, 2.24) is 14.8 Å². The highest BCUT2D eigenvalue weighted by atomic mass is 32.2. The maximum Gasteiger partial charge on any atom is 0.197 e. The van der Waals surface area contributed by atoms with E-state index < -0.39 is 0 Å². The molecule has 0 aliphatic rings. The quantitative estimate of drug-likeness (QED) is 0.615. The summed E-state index contributed by atoms with van der Waals surface area (Å²) < 4.78 is 12.7. The van der Waals surface area contributed by atoms with E-state index in [-0.39, 0.29) is 5.25 Å². The van der Waals surface area contributed by atoms with Crippen molar-refractivity contribution in [1.29, 1.82) is 5.26 Å². The van der Waals surface area contributed by atoms with Crippen LogP contribution in [-0.4, -0.2) is 34.2 Å². The lowest BCUT2D eigenvalue weighted by Gasteiger charge is -2.14. The lowest BCUT2D eigenvalue weighted by atomic mass is 10.2. The van der Waals surface area contributed by atoms with Crippen molar-refractivity contribution >= 4 is 11.8 Å². The number of thioether (sulfide) groups is 1. The summed E-state index contributed by atoms with van der Waals surface area (Å²) in [5.41, 5.74) is 1.77. The van der Waals surface area contributed by atoms with E-state index in [1.54, 1.807) is 14.2 Å². The number of methoxy groups -OCH3 is 2. The van der Waals surface area contributed by atoms with Crippen LogP contribution in [0, 0.1) is 11.3 Å². The van der Waals surface area contributed by atoms with Gasteiger partial charge in [-0.2, -0.15) is 5.26 Å². The van der Waals surface area contributed by atoms with Crippen molar-refractivity contribution in [3.05, 3.63) is 48.5 Å². The van der Waals surface area contributed by atoms with E-state index in [2.05, 4.69) is 16.3 Å². The molecule has 26 heavy (non-hydrogen) atoms. The van der Waals surface area contributed by atoms with Crippen molar-refractivity contribution in [2.24, 2.45) is 0 Å². The smallest absolute Gasteiger partial charge is 0.197 e. The van der Waals surface area contributed by atoms with Gasteiger partial charge in [-0.05, 0) is 19.1 Å². The zero-order valence-electron chi connectivity index (χ0n) is 14.7. The van der Waals surface area contributed by atoms with Gasteiger partial charge in [0.05, 0.1) is 31.2 Å². The minimum absolute atomic E-state index is 0.248. The van der Waals surface area contributed by atoms with E-state index in [0.29, 0.717) is 22.5 Å². The van der Waals surface area contributed by atoms with Crippen LogP contribution in [0.2, 0.25) is 0 Å². The fourth-order valence-corrected chi connectivity index (χ4v) is 3.26. The molecule has 0 saturated carbocycles. The van der Waals surface area contributed by atoms with Crippen LogP contribution in [0.15, 0.2) is 53.7 Å². The van der Waals surface area contributed by atoms with Crippen LogP contribution in [0.3, 0.4) is 0 Å². The second-order valence-electron chi connectivity index (χ2n) is 5.44. The Morgan fingerprint density at radius 3 is 2.42 bits per heavy atom. The first-order valence-electron chi connectivity index (χ1n) is 7.97. The summed E-state index contributed by atoms with van der Waals surface area (Å²) in [5.74, 6) is 1.96. The maximum absolute atomic E-state index is 9.17. The van der Waals surface area contributed by atoms with Gasteiger partial charge in [-0.3, -0.25) is 4.57 Å². The van der Waals surface area contributed by atoms with E-state index in [9.17, 15) is 0 Å². The van der Waals surface area contributed by atoms with Crippen LogP contribution in [0.5, 0.6) is 11.5 Å². The van der Waals surface area contributed by atoms with Gasteiger partial charge >= 0.3 is 0 Å². The van der Waals surface area contributed by atoms with Gasteiger partial charge in [-0.1, -0.05) is 42.1 Å². The molecule has 0 amide bonds. The second-order valence-corrected chi connectivity index (χ2v) is 6.74. The van der Waals surface area contributed by atoms with Gasteiger partial charge in [0, 0.05) is 11.6 Å². The molecule has 132 valence electrons. The molecule has 0 aliphatic carbocycles. The number of rotatable bonds is 6. The number of ether oxygens (including phenoxy) is 2. The second kappa shape index (κ2) is 7.93. The number of aromatic nitrogens is 3. The molecule has 6 nitrogen and oxygen atoms in total. The minimum atomic E-state index is -0.248. The van der Waals surface area contributed by atoms with Gasteiger partial charge in [-0.15, -0.1) is 10.2 Å². The number of hydrogen-bond acceptors (Lipinski definition) is 6. The Balaban J connectivity index is 2.17. The summed E-state index contributed by atoms with van der Waals surface area (Å²) in [7, 11) is 3.20. The highest BCUT2D eigenvalue weighted by molar-refractivity contribution is 8.00. The van der Waals surface area contributed by atoms with Crippen molar-refractivity contribution < 1.29 is 9.47 Å². The molecule has 1 atom stereocenters. The Morgan fingerprint density at radius 2 is 1.77 bits per heavy atom. The summed E-state index contributed by atoms with van der Waals surface area (Å²) in [5, 5.41) is 18.2. The van der Waals surface area contributed by atoms with E-state index in [1.807, 2.05) is 60.0 Å². The molecule has 0 radical (unpaired) electrons. The highest BCUT2D eigenvalue weighted by Gasteiger charge is 2.19. The Kier molecular flexibility index (Phi) is 5.44. The number of hydrogen-bond donors (Lipinski definition) is 0. The fraction of sp³-hybridized carbons (Fsp3) is 0.211. The van der Waals surface area contributed by atoms with Gasteiger partial charge in [0.1, 0.15) is 0 Å². The standard InChI is InChI=1S/C19H18N4O2S/c1-13(12-20)26-19-22-21-18(14-7-5-4-6-8-14)23(19)15-9-10-16(24-2)17(11-15)25-3/h4-11,13H,1-3H3/t13-/m1/s1. The number of nitriles is 1. The average Bonchev–Trinajstić information content (AvgIpc) is 3.11. The first-order valence-corrected chi connectivity index (χ1v) is 8.85. The lowest BCUT2D eigenvalue weighted by molar-refractivity contribution is 0.355. The van der Waals surface area contributed by atoms with Crippen LogP contribution >= 0.6 is 11.8 Å². The topological polar surface area (TPSA) is 73.0 Å². The molecule has 0 fully saturated rings. The molecule has 0 saturated heterocycles. The molecule has 3 aromatic rings. The van der Waals surface area contributed by atoms with E-state index in [1.165, 1.54) is 11.8 Å². The monoisotopic (exact) mass is 366 g/mol. The Bertz CT molecular complexity index is 934. The first-order chi connectivity index (χ1) is 12.7. The molecule has 3 rings (SSSR count). The predicted octanol–water partition coefficient (Wildman–Crippen LogP) is 3.96. The first kappa shape index (κ1) is 17.8. The SMILES string of the molecule is COc1ccc(-n2c(S[C@H](C)C#N)nnc2-c2ccccc2)cc1OC. The molecule has 0 N–H and O–H groups in total.